The zero-order valence-electron chi connectivity index (χ0n) is 12.8. The molecule has 3 heteroatoms. The van der Waals surface area contributed by atoms with Crippen molar-refractivity contribution in [1.82, 2.24) is 9.97 Å². The van der Waals surface area contributed by atoms with E-state index in [-0.39, 0.29) is 5.82 Å². The Morgan fingerprint density at radius 2 is 1.58 bits per heavy atom. The smallest absolute Gasteiger partial charge is 0.139 e. The van der Waals surface area contributed by atoms with Crippen molar-refractivity contribution in [3.8, 4) is 11.1 Å². The summed E-state index contributed by atoms with van der Waals surface area (Å²) in [7, 11) is 0. The van der Waals surface area contributed by atoms with Crippen LogP contribution in [0.5, 0.6) is 0 Å². The average molecular weight is 312 g/mol. The second kappa shape index (κ2) is 4.90. The van der Waals surface area contributed by atoms with E-state index >= 15 is 0 Å². The number of H-pyrrole nitrogens is 1. The molecule has 0 saturated carbocycles. The molecule has 1 N–H and O–H groups in total. The minimum atomic E-state index is -0.240. The van der Waals surface area contributed by atoms with Crippen LogP contribution < -0.4 is 0 Å². The highest BCUT2D eigenvalue weighted by Gasteiger charge is 2.15. The lowest BCUT2D eigenvalue weighted by molar-refractivity contribution is 0.630. The van der Waals surface area contributed by atoms with Gasteiger partial charge in [-0.1, -0.05) is 48.5 Å². The molecular formula is C21H13FN2. The van der Waals surface area contributed by atoms with E-state index in [1.165, 1.54) is 6.07 Å². The van der Waals surface area contributed by atoms with E-state index in [1.807, 2.05) is 36.4 Å². The molecule has 3 aromatic carbocycles. The Morgan fingerprint density at radius 1 is 0.792 bits per heavy atom. The first kappa shape index (κ1) is 13.3. The number of nitrogens with zero attached hydrogens (tertiary/aromatic N) is 1. The number of nitrogens with one attached hydrogen (secondary N) is 1. The molecule has 2 aromatic heterocycles. The molecule has 0 unspecified atom stereocenters. The highest BCUT2D eigenvalue weighted by Crippen LogP contribution is 2.38. The van der Waals surface area contributed by atoms with Crippen molar-refractivity contribution in [1.29, 1.82) is 0 Å². The van der Waals surface area contributed by atoms with Crippen LogP contribution in [0, 0.1) is 5.82 Å². The molecule has 2 nitrogen and oxygen atoms in total. The van der Waals surface area contributed by atoms with Gasteiger partial charge in [0.15, 0.2) is 0 Å². The zero-order valence-corrected chi connectivity index (χ0v) is 12.8. The monoisotopic (exact) mass is 312 g/mol. The Morgan fingerprint density at radius 3 is 2.46 bits per heavy atom. The van der Waals surface area contributed by atoms with E-state index < -0.39 is 0 Å². The standard InChI is InChI=1S/C21H13FN2/c22-14-10-11-18-16(12-14)20-19(13-6-2-1-3-7-13)15-8-4-5-9-17(15)23-21(20)24-18/h1-12H,(H,23,24). The fraction of sp³-hybridized carbons (Fsp3) is 0. The van der Waals surface area contributed by atoms with Crippen molar-refractivity contribution in [3.63, 3.8) is 0 Å². The molecule has 0 fully saturated rings. The van der Waals surface area contributed by atoms with Crippen LogP contribution in [0.2, 0.25) is 0 Å². The van der Waals surface area contributed by atoms with E-state index in [2.05, 4.69) is 23.2 Å². The van der Waals surface area contributed by atoms with Gasteiger partial charge in [0, 0.05) is 27.2 Å². The lowest BCUT2D eigenvalue weighted by atomic mass is 9.96. The summed E-state index contributed by atoms with van der Waals surface area (Å²) in [5.74, 6) is -0.240. The molecule has 0 aliphatic carbocycles. The summed E-state index contributed by atoms with van der Waals surface area (Å²) in [4.78, 5) is 8.08. The Balaban J connectivity index is 2.08. The minimum Gasteiger partial charge on any atom is -0.339 e. The summed E-state index contributed by atoms with van der Waals surface area (Å²) in [6.45, 7) is 0. The molecule has 0 aliphatic heterocycles. The molecule has 0 amide bonds. The molecule has 5 aromatic rings. The van der Waals surface area contributed by atoms with Crippen molar-refractivity contribution < 1.29 is 4.39 Å². The Bertz CT molecular complexity index is 1210. The first-order chi connectivity index (χ1) is 11.8. The molecule has 0 atom stereocenters. The molecule has 0 bridgehead atoms. The highest BCUT2D eigenvalue weighted by atomic mass is 19.1. The first-order valence-corrected chi connectivity index (χ1v) is 7.86. The number of para-hydroxylation sites is 1. The van der Waals surface area contributed by atoms with Gasteiger partial charge in [0.05, 0.1) is 5.52 Å². The van der Waals surface area contributed by atoms with Gasteiger partial charge in [-0.25, -0.2) is 9.37 Å². The van der Waals surface area contributed by atoms with Crippen LogP contribution in [0.1, 0.15) is 0 Å². The number of hydrogen-bond acceptors (Lipinski definition) is 1. The Hall–Kier alpha value is -3.20. The lowest BCUT2D eigenvalue weighted by Crippen LogP contribution is -1.87. The van der Waals surface area contributed by atoms with Crippen LogP contribution in [-0.2, 0) is 0 Å². The normalized spacial score (nSPS) is 11.5. The second-order valence-electron chi connectivity index (χ2n) is 5.91. The van der Waals surface area contributed by atoms with Gasteiger partial charge in [0.1, 0.15) is 11.5 Å². The van der Waals surface area contributed by atoms with Crippen molar-refractivity contribution >= 4 is 32.8 Å². The van der Waals surface area contributed by atoms with Crippen LogP contribution in [0.25, 0.3) is 44.0 Å². The van der Waals surface area contributed by atoms with E-state index in [0.29, 0.717) is 0 Å². The number of pyridine rings is 1. The van der Waals surface area contributed by atoms with Crippen LogP contribution in [0.4, 0.5) is 4.39 Å². The summed E-state index contributed by atoms with van der Waals surface area (Å²) in [5, 5.41) is 2.90. The van der Waals surface area contributed by atoms with Gasteiger partial charge in [0.2, 0.25) is 0 Å². The van der Waals surface area contributed by atoms with Crippen molar-refractivity contribution in [2.24, 2.45) is 0 Å². The third-order valence-corrected chi connectivity index (χ3v) is 4.46. The second-order valence-corrected chi connectivity index (χ2v) is 5.91. The van der Waals surface area contributed by atoms with Crippen LogP contribution >= 0.6 is 0 Å². The van der Waals surface area contributed by atoms with Crippen molar-refractivity contribution in [2.45, 2.75) is 0 Å². The SMILES string of the molecule is Fc1ccc2[nH]c3nc4ccccc4c(-c4ccccc4)c3c2c1. The molecule has 0 aliphatic rings. The quantitative estimate of drug-likeness (QED) is 0.424. The summed E-state index contributed by atoms with van der Waals surface area (Å²) in [6, 6.07) is 23.1. The van der Waals surface area contributed by atoms with Crippen LogP contribution in [-0.4, -0.2) is 9.97 Å². The summed E-state index contributed by atoms with van der Waals surface area (Å²) in [6.07, 6.45) is 0. The van der Waals surface area contributed by atoms with Gasteiger partial charge < -0.3 is 4.98 Å². The number of benzene rings is 3. The number of aromatic amines is 1. The van der Waals surface area contributed by atoms with Gasteiger partial charge in [-0.05, 0) is 29.8 Å². The Kier molecular flexibility index (Phi) is 2.71. The van der Waals surface area contributed by atoms with E-state index in [1.54, 1.807) is 12.1 Å². The van der Waals surface area contributed by atoms with Gasteiger partial charge in [-0.2, -0.15) is 0 Å². The molecule has 5 rings (SSSR count). The Labute approximate surface area is 137 Å². The predicted molar refractivity (Wildman–Crippen MR) is 96.5 cm³/mol. The van der Waals surface area contributed by atoms with Gasteiger partial charge in [-0.15, -0.1) is 0 Å². The van der Waals surface area contributed by atoms with E-state index in [9.17, 15) is 4.39 Å². The number of hydrogen-bond donors (Lipinski definition) is 1. The summed E-state index contributed by atoms with van der Waals surface area (Å²) < 4.78 is 13.9. The van der Waals surface area contributed by atoms with E-state index in [0.717, 1.165) is 44.0 Å². The van der Waals surface area contributed by atoms with Gasteiger partial charge in [0.25, 0.3) is 0 Å². The molecule has 114 valence electrons. The summed E-state index contributed by atoms with van der Waals surface area (Å²) >= 11 is 0. The first-order valence-electron chi connectivity index (χ1n) is 7.86. The van der Waals surface area contributed by atoms with Gasteiger partial charge >= 0.3 is 0 Å². The average Bonchev–Trinajstić information content (AvgIpc) is 2.97. The molecule has 0 saturated heterocycles. The minimum absolute atomic E-state index is 0.240. The fourth-order valence-corrected chi connectivity index (χ4v) is 3.43. The number of aromatic nitrogens is 2. The van der Waals surface area contributed by atoms with Crippen LogP contribution in [0.15, 0.2) is 72.8 Å². The number of halogens is 1. The maximum atomic E-state index is 13.9. The largest absolute Gasteiger partial charge is 0.339 e. The lowest BCUT2D eigenvalue weighted by Gasteiger charge is -2.09. The molecular weight excluding hydrogens is 299 g/mol. The topological polar surface area (TPSA) is 28.7 Å². The zero-order chi connectivity index (χ0) is 16.1. The van der Waals surface area contributed by atoms with Gasteiger partial charge in [-0.3, -0.25) is 0 Å². The maximum absolute atomic E-state index is 13.9. The number of fused-ring (bicyclic) bond motifs is 4. The molecule has 2 heterocycles. The maximum Gasteiger partial charge on any atom is 0.139 e. The van der Waals surface area contributed by atoms with Crippen molar-refractivity contribution in [2.75, 3.05) is 0 Å². The predicted octanol–water partition coefficient (Wildman–Crippen LogP) is 5.68. The molecule has 0 spiro atoms. The van der Waals surface area contributed by atoms with Crippen molar-refractivity contribution in [3.05, 3.63) is 78.6 Å². The number of rotatable bonds is 1. The molecule has 0 radical (unpaired) electrons. The highest BCUT2D eigenvalue weighted by molar-refractivity contribution is 6.19. The fourth-order valence-electron chi connectivity index (χ4n) is 3.43. The third kappa shape index (κ3) is 1.85. The molecule has 24 heavy (non-hydrogen) atoms. The van der Waals surface area contributed by atoms with Crippen LogP contribution in [0.3, 0.4) is 0 Å². The third-order valence-electron chi connectivity index (χ3n) is 4.46. The van der Waals surface area contributed by atoms with E-state index in [4.69, 9.17) is 4.98 Å². The summed E-state index contributed by atoms with van der Waals surface area (Å²) in [5.41, 5.74) is 4.80.